The average Bonchev–Trinajstić information content (AvgIpc) is 3.08. The van der Waals surface area contributed by atoms with Crippen LogP contribution in [0.1, 0.15) is 55.0 Å². The standard InChI is InChI=1S/C28H29FN2O2.Na/c1-18-28(24-16-22(29)12-15-26(24)31(18)17-27(32)33)21-9-6-19(7-10-21)8-13-23-14-11-20-4-2-3-5-25(20)30-23;/h2-5,11-12,14-16,19,21H,6-10,13,17H2,1H3,(H,32,33);/q;+1/p-1. The summed E-state index contributed by atoms with van der Waals surface area (Å²) < 4.78 is 15.8. The number of aliphatic carboxylic acids is 1. The van der Waals surface area contributed by atoms with Crippen molar-refractivity contribution in [2.45, 2.75) is 57.9 Å². The summed E-state index contributed by atoms with van der Waals surface area (Å²) >= 11 is 0. The van der Waals surface area contributed by atoms with Gasteiger partial charge in [0.15, 0.2) is 0 Å². The second kappa shape index (κ2) is 10.6. The fourth-order valence-electron chi connectivity index (χ4n) is 5.67. The van der Waals surface area contributed by atoms with Gasteiger partial charge in [0.05, 0.1) is 18.0 Å². The maximum absolute atomic E-state index is 14.1. The first-order valence-corrected chi connectivity index (χ1v) is 11.8. The Labute approximate surface area is 221 Å². The Morgan fingerprint density at radius 2 is 1.85 bits per heavy atom. The van der Waals surface area contributed by atoms with E-state index in [0.717, 1.165) is 71.9 Å². The van der Waals surface area contributed by atoms with E-state index in [1.54, 1.807) is 16.7 Å². The van der Waals surface area contributed by atoms with E-state index in [9.17, 15) is 14.3 Å². The Morgan fingerprint density at radius 1 is 1.09 bits per heavy atom. The third kappa shape index (κ3) is 5.07. The van der Waals surface area contributed by atoms with Crippen molar-refractivity contribution in [3.05, 3.63) is 77.4 Å². The van der Waals surface area contributed by atoms with Crippen LogP contribution in [0, 0.1) is 18.7 Å². The van der Waals surface area contributed by atoms with Crippen molar-refractivity contribution in [2.24, 2.45) is 5.92 Å². The van der Waals surface area contributed by atoms with Crippen molar-refractivity contribution < 1.29 is 43.8 Å². The van der Waals surface area contributed by atoms with E-state index in [2.05, 4.69) is 24.3 Å². The number of carboxylic acid groups (broad SMARTS) is 1. The largest absolute Gasteiger partial charge is 1.00 e. The molecule has 1 saturated carbocycles. The number of halogens is 1. The van der Waals surface area contributed by atoms with Crippen molar-refractivity contribution in [3.8, 4) is 0 Å². The first kappa shape index (κ1) is 24.9. The number of hydrogen-bond acceptors (Lipinski definition) is 3. The van der Waals surface area contributed by atoms with E-state index in [1.165, 1.54) is 11.5 Å². The summed E-state index contributed by atoms with van der Waals surface area (Å²) in [5.41, 5.74) is 5.00. The molecule has 2 aromatic carbocycles. The molecule has 0 spiro atoms. The number of rotatable bonds is 6. The van der Waals surface area contributed by atoms with Gasteiger partial charge in [-0.3, -0.25) is 4.98 Å². The Morgan fingerprint density at radius 3 is 2.62 bits per heavy atom. The molecule has 0 saturated heterocycles. The molecule has 0 N–H and O–H groups in total. The molecule has 0 radical (unpaired) electrons. The number of hydrogen-bond donors (Lipinski definition) is 0. The molecule has 4 aromatic rings. The molecule has 1 aliphatic rings. The van der Waals surface area contributed by atoms with Crippen LogP contribution in [0.25, 0.3) is 21.8 Å². The summed E-state index contributed by atoms with van der Waals surface area (Å²) in [4.78, 5) is 16.1. The van der Waals surface area contributed by atoms with Crippen LogP contribution in [0.5, 0.6) is 0 Å². The topological polar surface area (TPSA) is 58.0 Å². The van der Waals surface area contributed by atoms with E-state index in [-0.39, 0.29) is 41.9 Å². The minimum absolute atomic E-state index is 0. The van der Waals surface area contributed by atoms with Gasteiger partial charge in [0.25, 0.3) is 0 Å². The van der Waals surface area contributed by atoms with E-state index < -0.39 is 5.97 Å². The van der Waals surface area contributed by atoms with Gasteiger partial charge in [0, 0.05) is 27.7 Å². The molecule has 1 fully saturated rings. The van der Waals surface area contributed by atoms with Crippen molar-refractivity contribution in [1.29, 1.82) is 0 Å². The average molecular weight is 467 g/mol. The zero-order valence-corrected chi connectivity index (χ0v) is 21.9. The normalized spacial score (nSPS) is 18.2. The number of fused-ring (bicyclic) bond motifs is 2. The van der Waals surface area contributed by atoms with Gasteiger partial charge in [-0.05, 0) is 93.2 Å². The van der Waals surface area contributed by atoms with Crippen LogP contribution in [0.4, 0.5) is 4.39 Å². The van der Waals surface area contributed by atoms with E-state index in [4.69, 9.17) is 4.98 Å². The van der Waals surface area contributed by atoms with Crippen LogP contribution in [-0.4, -0.2) is 15.5 Å². The maximum Gasteiger partial charge on any atom is 1.00 e. The molecular formula is C28H28FN2NaO2. The van der Waals surface area contributed by atoms with Gasteiger partial charge in [0.1, 0.15) is 5.82 Å². The minimum Gasteiger partial charge on any atom is -0.548 e. The monoisotopic (exact) mass is 466 g/mol. The summed E-state index contributed by atoms with van der Waals surface area (Å²) in [7, 11) is 0. The summed E-state index contributed by atoms with van der Waals surface area (Å²) in [5.74, 6) is -0.432. The predicted molar refractivity (Wildman–Crippen MR) is 126 cm³/mol. The number of aromatic nitrogens is 2. The Kier molecular flexibility index (Phi) is 7.76. The first-order chi connectivity index (χ1) is 16.0. The van der Waals surface area contributed by atoms with E-state index in [1.807, 2.05) is 19.1 Å². The van der Waals surface area contributed by atoms with E-state index in [0.29, 0.717) is 11.8 Å². The van der Waals surface area contributed by atoms with Gasteiger partial charge in [-0.15, -0.1) is 0 Å². The van der Waals surface area contributed by atoms with Gasteiger partial charge in [-0.1, -0.05) is 24.3 Å². The van der Waals surface area contributed by atoms with Gasteiger partial charge < -0.3 is 14.5 Å². The van der Waals surface area contributed by atoms with Crippen molar-refractivity contribution in [2.75, 3.05) is 0 Å². The van der Waals surface area contributed by atoms with Gasteiger partial charge in [-0.2, -0.15) is 0 Å². The second-order valence-corrected chi connectivity index (χ2v) is 9.37. The number of carboxylic acids is 1. The molecule has 2 heterocycles. The van der Waals surface area contributed by atoms with Crippen LogP contribution in [-0.2, 0) is 17.8 Å². The molecule has 1 aliphatic carbocycles. The van der Waals surface area contributed by atoms with Crippen molar-refractivity contribution in [3.63, 3.8) is 0 Å². The molecule has 34 heavy (non-hydrogen) atoms. The van der Waals surface area contributed by atoms with Crippen molar-refractivity contribution >= 4 is 27.8 Å². The zero-order valence-electron chi connectivity index (χ0n) is 19.9. The van der Waals surface area contributed by atoms with Gasteiger partial charge in [0.2, 0.25) is 0 Å². The molecule has 5 rings (SSSR count). The van der Waals surface area contributed by atoms with Crippen molar-refractivity contribution in [1.82, 2.24) is 9.55 Å². The second-order valence-electron chi connectivity index (χ2n) is 9.37. The summed E-state index contributed by atoms with van der Waals surface area (Å²) in [5, 5.41) is 13.3. The number of carbonyl (C=O) groups is 1. The molecule has 4 nitrogen and oxygen atoms in total. The molecule has 0 bridgehead atoms. The molecular weight excluding hydrogens is 438 g/mol. The molecule has 6 heteroatoms. The summed E-state index contributed by atoms with van der Waals surface area (Å²) in [6.07, 6.45) is 6.43. The fourth-order valence-corrected chi connectivity index (χ4v) is 5.67. The molecule has 0 unspecified atom stereocenters. The van der Waals surface area contributed by atoms with E-state index >= 15 is 0 Å². The SMILES string of the molecule is Cc1c(C2CCC(CCc3ccc4ccccc4n3)CC2)c2cc(F)ccc2n1CC(=O)[O-].[Na+]. The Bertz CT molecular complexity index is 1320. The van der Waals surface area contributed by atoms with Crippen LogP contribution >= 0.6 is 0 Å². The number of nitrogens with zero attached hydrogens (tertiary/aromatic N) is 2. The number of carbonyl (C=O) groups excluding carboxylic acids is 1. The zero-order chi connectivity index (χ0) is 22.9. The third-order valence-corrected chi connectivity index (χ3v) is 7.34. The van der Waals surface area contributed by atoms with Crippen LogP contribution < -0.4 is 34.7 Å². The Hall–Kier alpha value is -2.21. The number of pyridine rings is 1. The molecule has 0 atom stereocenters. The first-order valence-electron chi connectivity index (χ1n) is 11.8. The maximum atomic E-state index is 14.1. The molecule has 170 valence electrons. The summed E-state index contributed by atoms with van der Waals surface area (Å²) in [6.45, 7) is 1.75. The third-order valence-electron chi connectivity index (χ3n) is 7.34. The van der Waals surface area contributed by atoms with Crippen LogP contribution in [0.3, 0.4) is 0 Å². The number of benzene rings is 2. The molecule has 2 aromatic heterocycles. The smallest absolute Gasteiger partial charge is 0.548 e. The van der Waals surface area contributed by atoms with Gasteiger partial charge in [-0.25, -0.2) is 4.39 Å². The molecule has 0 amide bonds. The quantitative estimate of drug-likeness (QED) is 0.410. The van der Waals surface area contributed by atoms with Gasteiger partial charge >= 0.3 is 29.6 Å². The fraction of sp³-hybridized carbons (Fsp3) is 0.357. The van der Waals surface area contributed by atoms with Crippen LogP contribution in [0.2, 0.25) is 0 Å². The Balaban J connectivity index is 0.00000274. The predicted octanol–water partition coefficient (Wildman–Crippen LogP) is 2.30. The van der Waals surface area contributed by atoms with Crippen LogP contribution in [0.15, 0.2) is 54.6 Å². The number of aryl methyl sites for hydroxylation is 1. The summed E-state index contributed by atoms with van der Waals surface area (Å²) in [6, 6.07) is 17.1. The minimum atomic E-state index is -1.13. The molecule has 0 aliphatic heterocycles. The number of para-hydroxylation sites is 1.